The van der Waals surface area contributed by atoms with Crippen LogP contribution in [0.15, 0.2) is 12.7 Å². The summed E-state index contributed by atoms with van der Waals surface area (Å²) in [5.41, 5.74) is 13.0. The van der Waals surface area contributed by atoms with Gasteiger partial charge >= 0.3 is 0 Å². The van der Waals surface area contributed by atoms with Crippen molar-refractivity contribution in [1.29, 1.82) is 0 Å². The third-order valence-corrected chi connectivity index (χ3v) is 3.63. The Labute approximate surface area is 129 Å². The summed E-state index contributed by atoms with van der Waals surface area (Å²) >= 11 is 0. The quantitative estimate of drug-likeness (QED) is 0.590. The van der Waals surface area contributed by atoms with Crippen LogP contribution in [-0.4, -0.2) is 42.1 Å². The van der Waals surface area contributed by atoms with Crippen LogP contribution in [0.4, 0.5) is 5.82 Å². The van der Waals surface area contributed by atoms with Crippen molar-refractivity contribution in [1.82, 2.24) is 19.5 Å². The standard InChI is InChI=1S/C11H16N6.C3H8O2/c12-4-7-1-2-8(3-7)17-6-16-9-10(13)14-5-15-11(9)17;1-3(2,4)5/h5-8H,1-4,12H2,(H2,13,14,15);4-5H,1-2H3. The molecule has 0 bridgehead atoms. The lowest BCUT2D eigenvalue weighted by Gasteiger charge is -2.12. The van der Waals surface area contributed by atoms with E-state index < -0.39 is 5.79 Å². The summed E-state index contributed by atoms with van der Waals surface area (Å²) in [4.78, 5) is 12.5. The molecule has 8 heteroatoms. The average Bonchev–Trinajstić information content (AvgIpc) is 3.02. The second-order valence-corrected chi connectivity index (χ2v) is 6.15. The molecule has 8 nitrogen and oxygen atoms in total. The predicted molar refractivity (Wildman–Crippen MR) is 83.7 cm³/mol. The molecule has 1 aliphatic carbocycles. The van der Waals surface area contributed by atoms with Crippen molar-refractivity contribution in [3.63, 3.8) is 0 Å². The van der Waals surface area contributed by atoms with Gasteiger partial charge in [-0.2, -0.15) is 0 Å². The Morgan fingerprint density at radius 3 is 2.55 bits per heavy atom. The summed E-state index contributed by atoms with van der Waals surface area (Å²) in [6.45, 7) is 3.36. The molecule has 6 N–H and O–H groups in total. The molecule has 0 saturated heterocycles. The zero-order chi connectivity index (χ0) is 16.3. The first-order chi connectivity index (χ1) is 10.3. The highest BCUT2D eigenvalue weighted by Crippen LogP contribution is 2.35. The van der Waals surface area contributed by atoms with Gasteiger partial charge in [0.15, 0.2) is 17.3 Å². The highest BCUT2D eigenvalue weighted by atomic mass is 16.5. The van der Waals surface area contributed by atoms with E-state index in [4.69, 9.17) is 21.7 Å². The third kappa shape index (κ3) is 4.12. The Kier molecular flexibility index (Phi) is 4.94. The fourth-order valence-corrected chi connectivity index (χ4v) is 2.65. The summed E-state index contributed by atoms with van der Waals surface area (Å²) in [5, 5.41) is 16.2. The molecular weight excluding hydrogens is 284 g/mol. The summed E-state index contributed by atoms with van der Waals surface area (Å²) in [6, 6.07) is 0.447. The SMILES string of the molecule is CC(C)(O)O.NCC1CCC(n2cnc3c(N)ncnc32)C1. The number of nitrogens with zero attached hydrogens (tertiary/aromatic N) is 4. The molecule has 0 amide bonds. The fourth-order valence-electron chi connectivity index (χ4n) is 2.65. The first-order valence-electron chi connectivity index (χ1n) is 7.37. The molecule has 3 rings (SSSR count). The monoisotopic (exact) mass is 308 g/mol. The van der Waals surface area contributed by atoms with Crippen LogP contribution < -0.4 is 11.5 Å². The summed E-state index contributed by atoms with van der Waals surface area (Å²) in [6.07, 6.45) is 6.73. The smallest absolute Gasteiger partial charge is 0.165 e. The molecular formula is C14H24N6O2. The van der Waals surface area contributed by atoms with E-state index in [1.54, 1.807) is 0 Å². The van der Waals surface area contributed by atoms with Gasteiger partial charge in [0, 0.05) is 6.04 Å². The Morgan fingerprint density at radius 2 is 1.95 bits per heavy atom. The number of fused-ring (bicyclic) bond motifs is 1. The largest absolute Gasteiger partial charge is 0.382 e. The van der Waals surface area contributed by atoms with E-state index in [2.05, 4.69) is 19.5 Å². The van der Waals surface area contributed by atoms with Crippen LogP contribution in [0.1, 0.15) is 39.2 Å². The van der Waals surface area contributed by atoms with E-state index in [-0.39, 0.29) is 0 Å². The maximum absolute atomic E-state index is 8.08. The highest BCUT2D eigenvalue weighted by molar-refractivity contribution is 5.81. The van der Waals surface area contributed by atoms with Gasteiger partial charge in [-0.05, 0) is 45.6 Å². The molecule has 0 spiro atoms. The van der Waals surface area contributed by atoms with Crippen LogP contribution >= 0.6 is 0 Å². The fraction of sp³-hybridized carbons (Fsp3) is 0.643. The Bertz CT molecular complexity index is 615. The second-order valence-electron chi connectivity index (χ2n) is 6.15. The van der Waals surface area contributed by atoms with Crippen molar-refractivity contribution in [3.8, 4) is 0 Å². The van der Waals surface area contributed by atoms with Gasteiger partial charge in [-0.15, -0.1) is 0 Å². The van der Waals surface area contributed by atoms with Gasteiger partial charge in [-0.1, -0.05) is 0 Å². The second kappa shape index (κ2) is 6.55. The maximum Gasteiger partial charge on any atom is 0.165 e. The topological polar surface area (TPSA) is 136 Å². The van der Waals surface area contributed by atoms with Gasteiger partial charge in [-0.25, -0.2) is 15.0 Å². The van der Waals surface area contributed by atoms with Gasteiger partial charge < -0.3 is 26.2 Å². The van der Waals surface area contributed by atoms with E-state index in [1.807, 2.05) is 6.33 Å². The highest BCUT2D eigenvalue weighted by Gasteiger charge is 2.26. The van der Waals surface area contributed by atoms with Gasteiger partial charge in [0.25, 0.3) is 0 Å². The van der Waals surface area contributed by atoms with Crippen LogP contribution in [0, 0.1) is 5.92 Å². The van der Waals surface area contributed by atoms with Gasteiger partial charge in [0.1, 0.15) is 11.8 Å². The van der Waals surface area contributed by atoms with Crippen LogP contribution in [0.3, 0.4) is 0 Å². The lowest BCUT2D eigenvalue weighted by atomic mass is 10.1. The van der Waals surface area contributed by atoms with Crippen molar-refractivity contribution in [2.45, 2.75) is 44.9 Å². The molecule has 22 heavy (non-hydrogen) atoms. The number of aliphatic hydroxyl groups is 2. The van der Waals surface area contributed by atoms with Crippen molar-refractivity contribution in [2.24, 2.45) is 11.7 Å². The molecule has 1 fully saturated rings. The minimum Gasteiger partial charge on any atom is -0.382 e. The van der Waals surface area contributed by atoms with Crippen molar-refractivity contribution < 1.29 is 10.2 Å². The normalized spacial score (nSPS) is 21.7. The number of hydrogen-bond donors (Lipinski definition) is 4. The minimum absolute atomic E-state index is 0.446. The number of aromatic nitrogens is 4. The molecule has 2 unspecified atom stereocenters. The molecule has 0 radical (unpaired) electrons. The lowest BCUT2D eigenvalue weighted by Crippen LogP contribution is -2.15. The van der Waals surface area contributed by atoms with Crippen LogP contribution in [-0.2, 0) is 0 Å². The maximum atomic E-state index is 8.08. The predicted octanol–water partition coefficient (Wildman–Crippen LogP) is 0.415. The first kappa shape index (κ1) is 16.6. The molecule has 2 aromatic rings. The third-order valence-electron chi connectivity index (χ3n) is 3.63. The number of nitrogens with two attached hydrogens (primary N) is 2. The molecule has 1 saturated carbocycles. The Hall–Kier alpha value is -1.77. The lowest BCUT2D eigenvalue weighted by molar-refractivity contribution is -0.127. The minimum atomic E-state index is -1.50. The number of nitrogen functional groups attached to an aromatic ring is 1. The van der Waals surface area contributed by atoms with E-state index in [9.17, 15) is 0 Å². The van der Waals surface area contributed by atoms with E-state index >= 15 is 0 Å². The first-order valence-corrected chi connectivity index (χ1v) is 7.37. The van der Waals surface area contributed by atoms with Crippen molar-refractivity contribution in [2.75, 3.05) is 12.3 Å². The molecule has 2 heterocycles. The molecule has 122 valence electrons. The van der Waals surface area contributed by atoms with Gasteiger partial charge in [0.05, 0.1) is 6.33 Å². The Morgan fingerprint density at radius 1 is 1.27 bits per heavy atom. The van der Waals surface area contributed by atoms with Crippen LogP contribution in [0.2, 0.25) is 0 Å². The zero-order valence-electron chi connectivity index (χ0n) is 13.0. The van der Waals surface area contributed by atoms with E-state index in [0.29, 0.717) is 23.3 Å². The van der Waals surface area contributed by atoms with E-state index in [0.717, 1.165) is 25.0 Å². The van der Waals surface area contributed by atoms with Crippen LogP contribution in [0.25, 0.3) is 11.2 Å². The van der Waals surface area contributed by atoms with Crippen molar-refractivity contribution >= 4 is 17.0 Å². The summed E-state index contributed by atoms with van der Waals surface area (Å²) in [7, 11) is 0. The average molecular weight is 308 g/mol. The Balaban J connectivity index is 0.000000309. The van der Waals surface area contributed by atoms with E-state index in [1.165, 1.54) is 26.6 Å². The number of rotatable bonds is 2. The summed E-state index contributed by atoms with van der Waals surface area (Å²) < 4.78 is 2.11. The van der Waals surface area contributed by atoms with Crippen LogP contribution in [0.5, 0.6) is 0 Å². The molecule has 2 aromatic heterocycles. The molecule has 0 aromatic carbocycles. The zero-order valence-corrected chi connectivity index (χ0v) is 13.0. The molecule has 2 atom stereocenters. The molecule has 1 aliphatic rings. The number of hydrogen-bond acceptors (Lipinski definition) is 7. The van der Waals surface area contributed by atoms with Gasteiger partial charge in [0.2, 0.25) is 0 Å². The number of anilines is 1. The number of imidazole rings is 1. The van der Waals surface area contributed by atoms with Crippen molar-refractivity contribution in [3.05, 3.63) is 12.7 Å². The van der Waals surface area contributed by atoms with Gasteiger partial charge in [-0.3, -0.25) is 0 Å². The molecule has 0 aliphatic heterocycles. The summed E-state index contributed by atoms with van der Waals surface area (Å²) in [5.74, 6) is -0.432.